The Morgan fingerprint density at radius 3 is 1.52 bits per heavy atom. The Bertz CT molecular complexity index is 1580. The van der Waals surface area contributed by atoms with E-state index in [0.29, 0.717) is 12.2 Å². The maximum atomic E-state index is 12.9. The Balaban J connectivity index is 1.43. The van der Waals surface area contributed by atoms with Crippen LogP contribution in [0, 0.1) is 0 Å². The lowest BCUT2D eigenvalue weighted by molar-refractivity contribution is -0.159. The number of benzene rings is 5. The molecule has 220 valence electrons. The van der Waals surface area contributed by atoms with Gasteiger partial charge < -0.3 is 14.4 Å². The minimum atomic E-state index is -0.983. The van der Waals surface area contributed by atoms with E-state index in [-0.39, 0.29) is 0 Å². The van der Waals surface area contributed by atoms with Crippen molar-refractivity contribution in [3.8, 4) is 28.0 Å². The number of rotatable bonds is 12. The van der Waals surface area contributed by atoms with Gasteiger partial charge in [0.15, 0.2) is 6.10 Å². The Morgan fingerprint density at radius 1 is 0.659 bits per heavy atom. The number of ether oxygens (including phenoxy) is 2. The number of hydrogen-bond donors (Lipinski definition) is 0. The first-order valence-electron chi connectivity index (χ1n) is 14.8. The van der Waals surface area contributed by atoms with Crippen LogP contribution in [0.5, 0.6) is 5.75 Å². The molecule has 0 radical (unpaired) electrons. The van der Waals surface area contributed by atoms with Crippen LogP contribution in [-0.2, 0) is 14.3 Å². The van der Waals surface area contributed by atoms with E-state index in [0.717, 1.165) is 58.2 Å². The van der Waals surface area contributed by atoms with Gasteiger partial charge in [0.1, 0.15) is 5.75 Å². The zero-order valence-electron chi connectivity index (χ0n) is 24.8. The first kappa shape index (κ1) is 30.1. The van der Waals surface area contributed by atoms with E-state index in [2.05, 4.69) is 84.3 Å². The molecular formula is C39H35NO4. The van der Waals surface area contributed by atoms with Crippen LogP contribution in [0.2, 0.25) is 0 Å². The summed E-state index contributed by atoms with van der Waals surface area (Å²) in [7, 11) is 0. The number of carbonyl (C=O) groups excluding carboxylic acids is 2. The molecule has 0 amide bonds. The summed E-state index contributed by atoms with van der Waals surface area (Å²) < 4.78 is 10.9. The maximum Gasteiger partial charge on any atom is 0.352 e. The van der Waals surface area contributed by atoms with Gasteiger partial charge in [0.2, 0.25) is 0 Å². The van der Waals surface area contributed by atoms with Gasteiger partial charge in [-0.05, 0) is 83.6 Å². The molecule has 5 aromatic carbocycles. The van der Waals surface area contributed by atoms with Crippen molar-refractivity contribution in [1.82, 2.24) is 0 Å². The maximum absolute atomic E-state index is 12.9. The van der Waals surface area contributed by atoms with Gasteiger partial charge in [0.25, 0.3) is 0 Å². The second kappa shape index (κ2) is 14.7. The second-order valence-corrected chi connectivity index (χ2v) is 10.3. The van der Waals surface area contributed by atoms with Crippen LogP contribution in [0.4, 0.5) is 17.1 Å². The van der Waals surface area contributed by atoms with E-state index in [9.17, 15) is 9.59 Å². The topological polar surface area (TPSA) is 55.8 Å². The molecule has 5 nitrogen and oxygen atoms in total. The molecule has 0 aromatic heterocycles. The van der Waals surface area contributed by atoms with Crippen LogP contribution in [0.1, 0.15) is 26.2 Å². The van der Waals surface area contributed by atoms with Crippen molar-refractivity contribution in [3.63, 3.8) is 0 Å². The smallest absolute Gasteiger partial charge is 0.352 e. The first-order chi connectivity index (χ1) is 21.6. The van der Waals surface area contributed by atoms with E-state index in [1.165, 1.54) is 0 Å². The van der Waals surface area contributed by atoms with Crippen LogP contribution in [0.15, 0.2) is 146 Å². The molecule has 0 N–H and O–H groups in total. The lowest BCUT2D eigenvalue weighted by Gasteiger charge is -2.26. The third-order valence-corrected chi connectivity index (χ3v) is 7.29. The molecule has 0 aliphatic rings. The zero-order valence-corrected chi connectivity index (χ0v) is 24.8. The van der Waals surface area contributed by atoms with Gasteiger partial charge in [0, 0.05) is 23.1 Å². The van der Waals surface area contributed by atoms with E-state index < -0.39 is 18.0 Å². The Hall–Kier alpha value is -5.42. The summed E-state index contributed by atoms with van der Waals surface area (Å²) >= 11 is 0. The summed E-state index contributed by atoms with van der Waals surface area (Å²) in [5.74, 6) is -0.884. The molecule has 5 heteroatoms. The third kappa shape index (κ3) is 7.50. The molecule has 5 rings (SSSR count). The SMILES string of the molecule is C=CC(=O)OC(CCCC)C(=O)Oc1ccc(N(c2ccc(-c3ccccc3)cc2)c2ccc(-c3ccccc3)cc2)cc1. The van der Waals surface area contributed by atoms with Crippen LogP contribution >= 0.6 is 0 Å². The molecule has 0 aliphatic carbocycles. The lowest BCUT2D eigenvalue weighted by Crippen LogP contribution is -2.30. The van der Waals surface area contributed by atoms with Gasteiger partial charge in [-0.25, -0.2) is 9.59 Å². The van der Waals surface area contributed by atoms with Gasteiger partial charge in [-0.2, -0.15) is 0 Å². The van der Waals surface area contributed by atoms with Crippen molar-refractivity contribution in [3.05, 3.63) is 146 Å². The molecule has 0 saturated carbocycles. The fourth-order valence-corrected chi connectivity index (χ4v) is 4.96. The number of anilines is 3. The highest BCUT2D eigenvalue weighted by Crippen LogP contribution is 2.37. The molecular weight excluding hydrogens is 546 g/mol. The monoisotopic (exact) mass is 581 g/mol. The Labute approximate surface area is 259 Å². The number of nitrogens with zero attached hydrogens (tertiary/aromatic N) is 1. The second-order valence-electron chi connectivity index (χ2n) is 10.3. The molecule has 0 aliphatic heterocycles. The summed E-state index contributed by atoms with van der Waals surface area (Å²) in [6, 6.07) is 44.8. The summed E-state index contributed by atoms with van der Waals surface area (Å²) in [6.07, 6.45) is 2.04. The molecule has 0 saturated heterocycles. The highest BCUT2D eigenvalue weighted by molar-refractivity contribution is 5.86. The summed E-state index contributed by atoms with van der Waals surface area (Å²) in [4.78, 5) is 26.8. The molecule has 44 heavy (non-hydrogen) atoms. The van der Waals surface area contributed by atoms with Gasteiger partial charge >= 0.3 is 11.9 Å². The average Bonchev–Trinajstić information content (AvgIpc) is 3.08. The Morgan fingerprint density at radius 2 is 1.09 bits per heavy atom. The molecule has 0 spiro atoms. The van der Waals surface area contributed by atoms with E-state index in [1.807, 2.05) is 55.5 Å². The molecule has 0 heterocycles. The first-order valence-corrected chi connectivity index (χ1v) is 14.8. The van der Waals surface area contributed by atoms with Gasteiger partial charge in [-0.15, -0.1) is 0 Å². The van der Waals surface area contributed by atoms with Crippen molar-refractivity contribution >= 4 is 29.0 Å². The quantitative estimate of drug-likeness (QED) is 0.0834. The molecule has 5 aromatic rings. The third-order valence-electron chi connectivity index (χ3n) is 7.29. The standard InChI is InChI=1S/C39H35NO4/c1-3-5-16-37(44-38(41)4-2)39(42)43-36-27-25-35(26-28-36)40(33-21-17-31(18-22-33)29-12-8-6-9-13-29)34-23-19-32(20-24-34)30-14-10-7-11-15-30/h4,6-15,17-28,37H,2-3,5,16H2,1H3. The summed E-state index contributed by atoms with van der Waals surface area (Å²) in [5, 5.41) is 0. The molecule has 1 unspecified atom stereocenters. The number of hydrogen-bond acceptors (Lipinski definition) is 5. The molecule has 1 atom stereocenters. The van der Waals surface area contributed by atoms with E-state index in [1.54, 1.807) is 12.1 Å². The predicted octanol–water partition coefficient (Wildman–Crippen LogP) is 9.68. The van der Waals surface area contributed by atoms with Crippen molar-refractivity contribution in [2.45, 2.75) is 32.3 Å². The van der Waals surface area contributed by atoms with Crippen LogP contribution in [0.3, 0.4) is 0 Å². The van der Waals surface area contributed by atoms with Gasteiger partial charge in [-0.1, -0.05) is 105 Å². The fraction of sp³-hybridized carbons (Fsp3) is 0.128. The normalized spacial score (nSPS) is 11.3. The highest BCUT2D eigenvalue weighted by atomic mass is 16.6. The van der Waals surface area contributed by atoms with Crippen molar-refractivity contribution in [1.29, 1.82) is 0 Å². The average molecular weight is 582 g/mol. The van der Waals surface area contributed by atoms with E-state index in [4.69, 9.17) is 9.47 Å². The summed E-state index contributed by atoms with van der Waals surface area (Å²) in [6.45, 7) is 5.43. The fourth-order valence-electron chi connectivity index (χ4n) is 4.96. The minimum Gasteiger partial charge on any atom is -0.447 e. The van der Waals surface area contributed by atoms with Crippen molar-refractivity contribution < 1.29 is 19.1 Å². The zero-order chi connectivity index (χ0) is 30.7. The summed E-state index contributed by atoms with van der Waals surface area (Å²) in [5.41, 5.74) is 7.43. The van der Waals surface area contributed by atoms with Crippen LogP contribution < -0.4 is 9.64 Å². The van der Waals surface area contributed by atoms with Crippen LogP contribution in [-0.4, -0.2) is 18.0 Å². The molecule has 0 bridgehead atoms. The van der Waals surface area contributed by atoms with Crippen LogP contribution in [0.25, 0.3) is 22.3 Å². The lowest BCUT2D eigenvalue weighted by atomic mass is 10.0. The van der Waals surface area contributed by atoms with Gasteiger partial charge in [0.05, 0.1) is 0 Å². The minimum absolute atomic E-state index is 0.369. The largest absolute Gasteiger partial charge is 0.447 e. The number of carbonyl (C=O) groups is 2. The van der Waals surface area contributed by atoms with Crippen molar-refractivity contribution in [2.75, 3.05) is 4.90 Å². The number of unbranched alkanes of at least 4 members (excludes halogenated alkanes) is 1. The van der Waals surface area contributed by atoms with Gasteiger partial charge in [-0.3, -0.25) is 0 Å². The number of esters is 2. The van der Waals surface area contributed by atoms with E-state index >= 15 is 0 Å². The predicted molar refractivity (Wildman–Crippen MR) is 177 cm³/mol. The Kier molecular flexibility index (Phi) is 10.0. The highest BCUT2D eigenvalue weighted by Gasteiger charge is 2.24. The van der Waals surface area contributed by atoms with Crippen molar-refractivity contribution in [2.24, 2.45) is 0 Å². The molecule has 0 fully saturated rings.